The van der Waals surface area contributed by atoms with Crippen molar-refractivity contribution in [1.29, 1.82) is 0 Å². The lowest BCUT2D eigenvalue weighted by atomic mass is 9.98. The van der Waals surface area contributed by atoms with Crippen molar-refractivity contribution >= 4 is 27.5 Å². The number of halogens is 2. The molecule has 1 N–H and O–H groups in total. The summed E-state index contributed by atoms with van der Waals surface area (Å²) < 4.78 is 6.48. The van der Waals surface area contributed by atoms with Gasteiger partial charge in [0, 0.05) is 16.6 Å². The first kappa shape index (κ1) is 18.8. The summed E-state index contributed by atoms with van der Waals surface area (Å²) in [4.78, 5) is 0. The van der Waals surface area contributed by atoms with Crippen LogP contribution in [0.3, 0.4) is 0 Å². The second-order valence-corrected chi connectivity index (χ2v) is 6.61. The fourth-order valence-electron chi connectivity index (χ4n) is 2.62. The molecule has 0 aliphatic heterocycles. The summed E-state index contributed by atoms with van der Waals surface area (Å²) in [5, 5.41) is 4.30. The van der Waals surface area contributed by atoms with Crippen LogP contribution in [0.2, 0.25) is 5.02 Å². The summed E-state index contributed by atoms with van der Waals surface area (Å²) in [6.07, 6.45) is 7.57. The lowest BCUT2D eigenvalue weighted by Gasteiger charge is -2.22. The third-order valence-corrected chi connectivity index (χ3v) is 4.47. The SMILES string of the molecule is CCCCCCCC(NCC)c1cc(Cl)cc(Br)c1OC. The third-order valence-electron chi connectivity index (χ3n) is 3.66. The predicted octanol–water partition coefficient (Wildman–Crippen LogP) is 6.12. The van der Waals surface area contributed by atoms with Crippen molar-refractivity contribution in [2.45, 2.75) is 58.4 Å². The van der Waals surface area contributed by atoms with Crippen LogP contribution >= 0.6 is 27.5 Å². The quantitative estimate of drug-likeness (QED) is 0.496. The first-order chi connectivity index (χ1) is 10.1. The molecule has 1 rings (SSSR count). The molecule has 4 heteroatoms. The Morgan fingerprint density at radius 2 is 1.90 bits per heavy atom. The Hall–Kier alpha value is -0.250. The first-order valence-electron chi connectivity index (χ1n) is 7.90. The normalized spacial score (nSPS) is 12.4. The van der Waals surface area contributed by atoms with E-state index in [1.165, 1.54) is 32.1 Å². The molecule has 1 unspecified atom stereocenters. The van der Waals surface area contributed by atoms with Gasteiger partial charge in [-0.05, 0) is 41.0 Å². The summed E-state index contributed by atoms with van der Waals surface area (Å²) >= 11 is 9.76. The minimum Gasteiger partial charge on any atom is -0.495 e. The molecule has 0 saturated heterocycles. The van der Waals surface area contributed by atoms with Crippen LogP contribution < -0.4 is 10.1 Å². The van der Waals surface area contributed by atoms with E-state index in [9.17, 15) is 0 Å². The highest BCUT2D eigenvalue weighted by atomic mass is 79.9. The van der Waals surface area contributed by atoms with E-state index < -0.39 is 0 Å². The van der Waals surface area contributed by atoms with E-state index in [0.29, 0.717) is 6.04 Å². The van der Waals surface area contributed by atoms with E-state index in [4.69, 9.17) is 16.3 Å². The van der Waals surface area contributed by atoms with Gasteiger partial charge in [0.05, 0.1) is 11.6 Å². The number of benzene rings is 1. The second-order valence-electron chi connectivity index (χ2n) is 5.32. The smallest absolute Gasteiger partial charge is 0.137 e. The standard InChI is InChI=1S/C17H27BrClNO/c1-4-6-7-8-9-10-16(20-5-2)14-11-13(19)12-15(18)17(14)21-3/h11-12,16,20H,4-10H2,1-3H3. The fraction of sp³-hybridized carbons (Fsp3) is 0.647. The van der Waals surface area contributed by atoms with Crippen LogP contribution in [0.25, 0.3) is 0 Å². The van der Waals surface area contributed by atoms with E-state index in [-0.39, 0.29) is 0 Å². The van der Waals surface area contributed by atoms with Gasteiger partial charge >= 0.3 is 0 Å². The van der Waals surface area contributed by atoms with Gasteiger partial charge in [-0.15, -0.1) is 0 Å². The zero-order valence-corrected chi connectivity index (χ0v) is 15.7. The molecule has 0 aromatic heterocycles. The highest BCUT2D eigenvalue weighted by Gasteiger charge is 2.18. The Balaban J connectivity index is 2.79. The molecule has 21 heavy (non-hydrogen) atoms. The van der Waals surface area contributed by atoms with Gasteiger partial charge in [0.15, 0.2) is 0 Å². The summed E-state index contributed by atoms with van der Waals surface area (Å²) in [5.41, 5.74) is 1.15. The summed E-state index contributed by atoms with van der Waals surface area (Å²) in [6.45, 7) is 5.32. The number of nitrogens with one attached hydrogen (secondary N) is 1. The maximum absolute atomic E-state index is 6.21. The minimum atomic E-state index is 0.293. The molecule has 0 fully saturated rings. The largest absolute Gasteiger partial charge is 0.495 e. The second kappa shape index (κ2) is 10.5. The summed E-state index contributed by atoms with van der Waals surface area (Å²) in [5.74, 6) is 0.888. The Kier molecular flexibility index (Phi) is 9.37. The van der Waals surface area contributed by atoms with Crippen molar-refractivity contribution in [3.63, 3.8) is 0 Å². The van der Waals surface area contributed by atoms with Crippen LogP contribution in [0, 0.1) is 0 Å². The van der Waals surface area contributed by atoms with Gasteiger partial charge in [-0.3, -0.25) is 0 Å². The molecule has 0 bridgehead atoms. The number of ether oxygens (including phenoxy) is 1. The Labute approximate surface area is 142 Å². The molecule has 2 nitrogen and oxygen atoms in total. The number of hydrogen-bond donors (Lipinski definition) is 1. The lowest BCUT2D eigenvalue weighted by Crippen LogP contribution is -2.21. The first-order valence-corrected chi connectivity index (χ1v) is 9.07. The lowest BCUT2D eigenvalue weighted by molar-refractivity contribution is 0.390. The molecule has 1 atom stereocenters. The molecule has 1 aromatic rings. The van der Waals surface area contributed by atoms with E-state index >= 15 is 0 Å². The Morgan fingerprint density at radius 1 is 1.19 bits per heavy atom. The van der Waals surface area contributed by atoms with Gasteiger partial charge < -0.3 is 10.1 Å². The summed E-state index contributed by atoms with van der Waals surface area (Å²) in [6, 6.07) is 4.19. The molecule has 0 aliphatic rings. The molecule has 0 radical (unpaired) electrons. The number of unbranched alkanes of at least 4 members (excludes halogenated alkanes) is 4. The molecule has 0 spiro atoms. The van der Waals surface area contributed by atoms with Crippen molar-refractivity contribution < 1.29 is 4.74 Å². The van der Waals surface area contributed by atoms with E-state index in [2.05, 4.69) is 35.1 Å². The van der Waals surface area contributed by atoms with Gasteiger partial charge in [-0.25, -0.2) is 0 Å². The molecular weight excluding hydrogens is 350 g/mol. The van der Waals surface area contributed by atoms with Gasteiger partial charge in [0.1, 0.15) is 5.75 Å². The topological polar surface area (TPSA) is 21.3 Å². The van der Waals surface area contributed by atoms with Crippen LogP contribution in [0.5, 0.6) is 5.75 Å². The Bertz CT molecular complexity index is 425. The van der Waals surface area contributed by atoms with Crippen molar-refractivity contribution in [1.82, 2.24) is 5.32 Å². The molecular formula is C17H27BrClNO. The van der Waals surface area contributed by atoms with Gasteiger partial charge in [-0.2, -0.15) is 0 Å². The molecule has 0 saturated carbocycles. The number of methoxy groups -OCH3 is 1. The minimum absolute atomic E-state index is 0.293. The maximum Gasteiger partial charge on any atom is 0.137 e. The van der Waals surface area contributed by atoms with Crippen LogP contribution in [0.15, 0.2) is 16.6 Å². The monoisotopic (exact) mass is 375 g/mol. The Morgan fingerprint density at radius 3 is 2.52 bits per heavy atom. The average molecular weight is 377 g/mol. The zero-order chi connectivity index (χ0) is 15.7. The van der Waals surface area contributed by atoms with Crippen LogP contribution in [0.4, 0.5) is 0 Å². The van der Waals surface area contributed by atoms with Gasteiger partial charge in [0.2, 0.25) is 0 Å². The van der Waals surface area contributed by atoms with Crippen LogP contribution in [-0.4, -0.2) is 13.7 Å². The molecule has 0 aliphatic carbocycles. The maximum atomic E-state index is 6.21. The highest BCUT2D eigenvalue weighted by molar-refractivity contribution is 9.10. The van der Waals surface area contributed by atoms with Crippen molar-refractivity contribution in [2.24, 2.45) is 0 Å². The van der Waals surface area contributed by atoms with E-state index in [1.807, 2.05) is 12.1 Å². The van der Waals surface area contributed by atoms with Crippen LogP contribution in [0.1, 0.15) is 64.0 Å². The molecule has 0 heterocycles. The average Bonchev–Trinajstić information content (AvgIpc) is 2.45. The van der Waals surface area contributed by atoms with Crippen molar-refractivity contribution in [3.8, 4) is 5.75 Å². The number of rotatable bonds is 10. The molecule has 0 amide bonds. The fourth-order valence-corrected chi connectivity index (χ4v) is 3.62. The van der Waals surface area contributed by atoms with E-state index in [1.54, 1.807) is 7.11 Å². The van der Waals surface area contributed by atoms with Crippen molar-refractivity contribution in [2.75, 3.05) is 13.7 Å². The third kappa shape index (κ3) is 6.17. The molecule has 1 aromatic carbocycles. The van der Waals surface area contributed by atoms with Crippen molar-refractivity contribution in [3.05, 3.63) is 27.2 Å². The van der Waals surface area contributed by atoms with Gasteiger partial charge in [-0.1, -0.05) is 57.6 Å². The highest BCUT2D eigenvalue weighted by Crippen LogP contribution is 2.37. The molecule has 120 valence electrons. The summed E-state index contributed by atoms with van der Waals surface area (Å²) in [7, 11) is 1.71. The zero-order valence-electron chi connectivity index (χ0n) is 13.3. The van der Waals surface area contributed by atoms with E-state index in [0.717, 1.165) is 33.8 Å². The van der Waals surface area contributed by atoms with Gasteiger partial charge in [0.25, 0.3) is 0 Å². The van der Waals surface area contributed by atoms with Crippen LogP contribution in [-0.2, 0) is 0 Å². The predicted molar refractivity (Wildman–Crippen MR) is 95.5 cm³/mol. The number of hydrogen-bond acceptors (Lipinski definition) is 2.